The zero-order valence-corrected chi connectivity index (χ0v) is 8.41. The Bertz CT molecular complexity index is 422. The van der Waals surface area contributed by atoms with Crippen LogP contribution in [0.1, 0.15) is 11.5 Å². The quantitative estimate of drug-likeness (QED) is 0.801. The summed E-state index contributed by atoms with van der Waals surface area (Å²) in [6.07, 6.45) is 0. The molecule has 1 fully saturated rings. The summed E-state index contributed by atoms with van der Waals surface area (Å²) >= 11 is 0. The molecule has 0 bridgehead atoms. The summed E-state index contributed by atoms with van der Waals surface area (Å²) in [5, 5.41) is 11.9. The Labute approximate surface area is 91.1 Å². The van der Waals surface area contributed by atoms with Crippen molar-refractivity contribution in [3.8, 4) is 0 Å². The lowest BCUT2D eigenvalue weighted by molar-refractivity contribution is -0.141. The standard InChI is InChI=1S/C11H11F2NO2/c12-6-1-2-7(10(13)3-6)8-4-14-5-9(8)11(15)16/h1-3,8-9,14H,4-5H2,(H,15,16)/t8-,9+/m0/s1. The van der Waals surface area contributed by atoms with Gasteiger partial charge in [0.15, 0.2) is 0 Å². The summed E-state index contributed by atoms with van der Waals surface area (Å²) < 4.78 is 26.2. The third kappa shape index (κ3) is 1.90. The van der Waals surface area contributed by atoms with Crippen molar-refractivity contribution in [2.75, 3.05) is 13.1 Å². The molecule has 0 aromatic heterocycles. The minimum atomic E-state index is -0.960. The van der Waals surface area contributed by atoms with Crippen LogP contribution in [-0.2, 0) is 4.79 Å². The van der Waals surface area contributed by atoms with E-state index >= 15 is 0 Å². The zero-order valence-electron chi connectivity index (χ0n) is 8.41. The van der Waals surface area contributed by atoms with Crippen LogP contribution >= 0.6 is 0 Å². The minimum Gasteiger partial charge on any atom is -0.481 e. The highest BCUT2D eigenvalue weighted by Crippen LogP contribution is 2.30. The Kier molecular flexibility index (Phi) is 2.87. The largest absolute Gasteiger partial charge is 0.481 e. The van der Waals surface area contributed by atoms with Crippen molar-refractivity contribution >= 4 is 5.97 Å². The fourth-order valence-corrected chi connectivity index (χ4v) is 2.07. The number of rotatable bonds is 2. The van der Waals surface area contributed by atoms with Crippen LogP contribution in [0.5, 0.6) is 0 Å². The Morgan fingerprint density at radius 3 is 2.75 bits per heavy atom. The van der Waals surface area contributed by atoms with Crippen LogP contribution < -0.4 is 5.32 Å². The normalized spacial score (nSPS) is 24.6. The topological polar surface area (TPSA) is 49.3 Å². The SMILES string of the molecule is O=C(O)[C@@H]1CNC[C@H]1c1ccc(F)cc1F. The molecule has 16 heavy (non-hydrogen) atoms. The summed E-state index contributed by atoms with van der Waals surface area (Å²) in [6, 6.07) is 3.25. The fourth-order valence-electron chi connectivity index (χ4n) is 2.07. The number of aliphatic carboxylic acids is 1. The molecule has 1 heterocycles. The Balaban J connectivity index is 2.32. The summed E-state index contributed by atoms with van der Waals surface area (Å²) in [5.74, 6) is -3.38. The van der Waals surface area contributed by atoms with Crippen LogP contribution in [0.4, 0.5) is 8.78 Å². The van der Waals surface area contributed by atoms with Crippen LogP contribution in [-0.4, -0.2) is 24.2 Å². The Morgan fingerprint density at radius 1 is 1.38 bits per heavy atom. The first-order chi connectivity index (χ1) is 7.59. The van der Waals surface area contributed by atoms with Gasteiger partial charge in [-0.25, -0.2) is 8.78 Å². The third-order valence-corrected chi connectivity index (χ3v) is 2.89. The van der Waals surface area contributed by atoms with Gasteiger partial charge in [-0.05, 0) is 11.6 Å². The lowest BCUT2D eigenvalue weighted by Gasteiger charge is -2.15. The minimum absolute atomic E-state index is 0.263. The molecule has 2 N–H and O–H groups in total. The number of hydrogen-bond donors (Lipinski definition) is 2. The first-order valence-corrected chi connectivity index (χ1v) is 4.98. The van der Waals surface area contributed by atoms with E-state index in [1.807, 2.05) is 0 Å². The van der Waals surface area contributed by atoms with Crippen molar-refractivity contribution in [1.82, 2.24) is 5.32 Å². The number of carboxylic acids is 1. The van der Waals surface area contributed by atoms with Crippen molar-refractivity contribution in [2.24, 2.45) is 5.92 Å². The molecule has 3 nitrogen and oxygen atoms in total. The average molecular weight is 227 g/mol. The lowest BCUT2D eigenvalue weighted by atomic mass is 9.89. The monoisotopic (exact) mass is 227 g/mol. The molecule has 0 aliphatic carbocycles. The van der Waals surface area contributed by atoms with E-state index in [4.69, 9.17) is 5.11 Å². The van der Waals surface area contributed by atoms with E-state index in [-0.39, 0.29) is 5.56 Å². The molecule has 1 aliphatic heterocycles. The van der Waals surface area contributed by atoms with Gasteiger partial charge in [-0.1, -0.05) is 6.07 Å². The van der Waals surface area contributed by atoms with Crippen LogP contribution in [0.3, 0.4) is 0 Å². The van der Waals surface area contributed by atoms with E-state index in [0.29, 0.717) is 13.1 Å². The molecular formula is C11H11F2NO2. The van der Waals surface area contributed by atoms with Crippen molar-refractivity contribution in [1.29, 1.82) is 0 Å². The molecule has 0 radical (unpaired) electrons. The highest BCUT2D eigenvalue weighted by Gasteiger charge is 2.35. The Morgan fingerprint density at radius 2 is 2.12 bits per heavy atom. The van der Waals surface area contributed by atoms with Crippen molar-refractivity contribution in [2.45, 2.75) is 5.92 Å². The van der Waals surface area contributed by atoms with E-state index in [1.54, 1.807) is 0 Å². The predicted molar refractivity (Wildman–Crippen MR) is 53.1 cm³/mol. The van der Waals surface area contributed by atoms with Gasteiger partial charge in [0, 0.05) is 25.1 Å². The molecule has 1 saturated heterocycles. The van der Waals surface area contributed by atoms with Gasteiger partial charge in [-0.2, -0.15) is 0 Å². The molecule has 0 amide bonds. The highest BCUT2D eigenvalue weighted by atomic mass is 19.1. The molecule has 0 spiro atoms. The first kappa shape index (κ1) is 11.0. The third-order valence-electron chi connectivity index (χ3n) is 2.89. The van der Waals surface area contributed by atoms with Crippen LogP contribution in [0.25, 0.3) is 0 Å². The van der Waals surface area contributed by atoms with Gasteiger partial charge >= 0.3 is 5.97 Å². The van der Waals surface area contributed by atoms with E-state index in [1.165, 1.54) is 6.07 Å². The number of benzene rings is 1. The maximum absolute atomic E-state index is 13.5. The molecular weight excluding hydrogens is 216 g/mol. The van der Waals surface area contributed by atoms with Crippen molar-refractivity contribution in [3.63, 3.8) is 0 Å². The van der Waals surface area contributed by atoms with E-state index in [0.717, 1.165) is 12.1 Å². The van der Waals surface area contributed by atoms with Crippen LogP contribution in [0, 0.1) is 17.6 Å². The molecule has 0 unspecified atom stereocenters. The molecule has 86 valence electrons. The van der Waals surface area contributed by atoms with E-state index < -0.39 is 29.4 Å². The second kappa shape index (κ2) is 4.17. The van der Waals surface area contributed by atoms with Crippen molar-refractivity contribution in [3.05, 3.63) is 35.4 Å². The van der Waals surface area contributed by atoms with Crippen LogP contribution in [0.15, 0.2) is 18.2 Å². The number of nitrogens with one attached hydrogen (secondary N) is 1. The second-order valence-electron chi connectivity index (χ2n) is 3.88. The van der Waals surface area contributed by atoms with Gasteiger partial charge in [-0.15, -0.1) is 0 Å². The highest BCUT2D eigenvalue weighted by molar-refractivity contribution is 5.72. The number of halogens is 2. The zero-order chi connectivity index (χ0) is 11.7. The second-order valence-corrected chi connectivity index (χ2v) is 3.88. The lowest BCUT2D eigenvalue weighted by Crippen LogP contribution is -2.21. The molecule has 1 aromatic carbocycles. The fraction of sp³-hybridized carbons (Fsp3) is 0.364. The molecule has 2 atom stereocenters. The van der Waals surface area contributed by atoms with Gasteiger partial charge in [0.2, 0.25) is 0 Å². The molecule has 2 rings (SSSR count). The summed E-state index contributed by atoms with van der Waals surface area (Å²) in [6.45, 7) is 0.719. The smallest absolute Gasteiger partial charge is 0.308 e. The summed E-state index contributed by atoms with van der Waals surface area (Å²) in [7, 11) is 0. The molecule has 1 aliphatic rings. The summed E-state index contributed by atoms with van der Waals surface area (Å²) in [4.78, 5) is 10.9. The van der Waals surface area contributed by atoms with Gasteiger partial charge < -0.3 is 10.4 Å². The van der Waals surface area contributed by atoms with Gasteiger partial charge in [0.1, 0.15) is 11.6 Å². The van der Waals surface area contributed by atoms with Gasteiger partial charge in [0.05, 0.1) is 5.92 Å². The van der Waals surface area contributed by atoms with Gasteiger partial charge in [0.25, 0.3) is 0 Å². The van der Waals surface area contributed by atoms with E-state index in [2.05, 4.69) is 5.32 Å². The Hall–Kier alpha value is -1.49. The molecule has 1 aromatic rings. The molecule has 5 heteroatoms. The number of carboxylic acid groups (broad SMARTS) is 1. The van der Waals surface area contributed by atoms with Crippen LogP contribution in [0.2, 0.25) is 0 Å². The summed E-state index contributed by atoms with van der Waals surface area (Å²) in [5.41, 5.74) is 0.263. The first-order valence-electron chi connectivity index (χ1n) is 4.98. The number of carbonyl (C=O) groups is 1. The van der Waals surface area contributed by atoms with Gasteiger partial charge in [-0.3, -0.25) is 4.79 Å². The van der Waals surface area contributed by atoms with Crippen molar-refractivity contribution < 1.29 is 18.7 Å². The van der Waals surface area contributed by atoms with E-state index in [9.17, 15) is 13.6 Å². The maximum atomic E-state index is 13.5. The predicted octanol–water partition coefficient (Wildman–Crippen LogP) is 1.35. The average Bonchev–Trinajstić information content (AvgIpc) is 2.66. The molecule has 0 saturated carbocycles. The maximum Gasteiger partial charge on any atom is 0.308 e. The number of hydrogen-bond acceptors (Lipinski definition) is 2.